The molecule has 74 valence electrons. The lowest BCUT2D eigenvalue weighted by molar-refractivity contribution is 0.0966. The largest absolute Gasteiger partial charge is 0.348 e. The molecule has 1 aromatic carbocycles. The summed E-state index contributed by atoms with van der Waals surface area (Å²) in [6.07, 6.45) is 0.981. The minimum Gasteiger partial charge on any atom is -0.348 e. The minimum atomic E-state index is 0.0614. The Bertz CT molecular complexity index is 360. The van der Waals surface area contributed by atoms with Crippen molar-refractivity contribution in [2.45, 2.75) is 13.0 Å². The highest BCUT2D eigenvalue weighted by molar-refractivity contribution is 5.98. The van der Waals surface area contributed by atoms with Gasteiger partial charge in [-0.3, -0.25) is 4.79 Å². The molecule has 0 aliphatic carbocycles. The molecule has 0 aromatic heterocycles. The van der Waals surface area contributed by atoms with Gasteiger partial charge in [0.2, 0.25) is 0 Å². The summed E-state index contributed by atoms with van der Waals surface area (Å²) in [7, 11) is 1.94. The zero-order valence-corrected chi connectivity index (χ0v) is 8.26. The first kappa shape index (κ1) is 9.21. The van der Waals surface area contributed by atoms with Gasteiger partial charge in [0.25, 0.3) is 5.91 Å². The first-order valence-electron chi connectivity index (χ1n) is 4.86. The van der Waals surface area contributed by atoms with Crippen molar-refractivity contribution in [3.63, 3.8) is 0 Å². The van der Waals surface area contributed by atoms with Crippen LogP contribution in [0.1, 0.15) is 21.5 Å². The molecule has 0 saturated heterocycles. The van der Waals surface area contributed by atoms with Crippen LogP contribution in [-0.4, -0.2) is 19.5 Å². The maximum atomic E-state index is 11.4. The standard InChI is InChI=1S/C11H14N2O/c1-12-6-5-8-3-2-4-9-10(8)7-13-11(9)14/h2-4,12H,5-7H2,1H3,(H,13,14). The Morgan fingerprint density at radius 3 is 3.14 bits per heavy atom. The van der Waals surface area contributed by atoms with Crippen LogP contribution in [0.15, 0.2) is 18.2 Å². The Hall–Kier alpha value is -1.35. The Morgan fingerprint density at radius 2 is 2.36 bits per heavy atom. The summed E-state index contributed by atoms with van der Waals surface area (Å²) >= 11 is 0. The number of amides is 1. The van der Waals surface area contributed by atoms with Crippen LogP contribution >= 0.6 is 0 Å². The van der Waals surface area contributed by atoms with E-state index in [0.717, 1.165) is 18.5 Å². The third-order valence-electron chi connectivity index (χ3n) is 2.59. The molecule has 0 spiro atoms. The first-order valence-corrected chi connectivity index (χ1v) is 4.86. The van der Waals surface area contributed by atoms with Crippen molar-refractivity contribution < 1.29 is 4.79 Å². The van der Waals surface area contributed by atoms with Gasteiger partial charge in [-0.1, -0.05) is 12.1 Å². The van der Waals surface area contributed by atoms with E-state index in [1.807, 2.05) is 19.2 Å². The van der Waals surface area contributed by atoms with E-state index in [1.54, 1.807) is 0 Å². The summed E-state index contributed by atoms with van der Waals surface area (Å²) in [5.74, 6) is 0.0614. The van der Waals surface area contributed by atoms with Crippen LogP contribution in [0.3, 0.4) is 0 Å². The monoisotopic (exact) mass is 190 g/mol. The molecule has 2 N–H and O–H groups in total. The highest BCUT2D eigenvalue weighted by atomic mass is 16.1. The number of carbonyl (C=O) groups excluding carboxylic acids is 1. The van der Waals surface area contributed by atoms with Gasteiger partial charge in [-0.15, -0.1) is 0 Å². The quantitative estimate of drug-likeness (QED) is 0.736. The summed E-state index contributed by atoms with van der Waals surface area (Å²) < 4.78 is 0. The molecule has 1 aliphatic heterocycles. The fraction of sp³-hybridized carbons (Fsp3) is 0.364. The van der Waals surface area contributed by atoms with E-state index in [9.17, 15) is 4.79 Å². The molecule has 1 heterocycles. The summed E-state index contributed by atoms with van der Waals surface area (Å²) in [5.41, 5.74) is 3.29. The SMILES string of the molecule is CNCCc1cccc2c1CNC2=O. The van der Waals surface area contributed by atoms with E-state index in [4.69, 9.17) is 0 Å². The van der Waals surface area contributed by atoms with Gasteiger partial charge >= 0.3 is 0 Å². The fourth-order valence-electron chi connectivity index (χ4n) is 1.81. The molecule has 3 nitrogen and oxygen atoms in total. The smallest absolute Gasteiger partial charge is 0.251 e. The second-order valence-corrected chi connectivity index (χ2v) is 3.48. The van der Waals surface area contributed by atoms with Gasteiger partial charge in [-0.05, 0) is 37.2 Å². The summed E-state index contributed by atoms with van der Waals surface area (Å²) in [4.78, 5) is 11.4. The maximum absolute atomic E-state index is 11.4. The van der Waals surface area contributed by atoms with Gasteiger partial charge in [-0.2, -0.15) is 0 Å². The minimum absolute atomic E-state index is 0.0614. The van der Waals surface area contributed by atoms with Crippen molar-refractivity contribution >= 4 is 5.91 Å². The first-order chi connectivity index (χ1) is 6.83. The Morgan fingerprint density at radius 1 is 1.50 bits per heavy atom. The van der Waals surface area contributed by atoms with Crippen LogP contribution in [0.25, 0.3) is 0 Å². The zero-order valence-electron chi connectivity index (χ0n) is 8.26. The van der Waals surface area contributed by atoms with Crippen molar-refractivity contribution in [1.29, 1.82) is 0 Å². The van der Waals surface area contributed by atoms with Crippen LogP contribution in [-0.2, 0) is 13.0 Å². The highest BCUT2D eigenvalue weighted by Gasteiger charge is 2.20. The molecule has 2 rings (SSSR count). The van der Waals surface area contributed by atoms with E-state index in [0.29, 0.717) is 6.54 Å². The predicted molar refractivity (Wildman–Crippen MR) is 55.2 cm³/mol. The second-order valence-electron chi connectivity index (χ2n) is 3.48. The molecule has 0 atom stereocenters. The lowest BCUT2D eigenvalue weighted by Crippen LogP contribution is -2.12. The number of benzene rings is 1. The van der Waals surface area contributed by atoms with Gasteiger partial charge in [-0.25, -0.2) is 0 Å². The average Bonchev–Trinajstić information content (AvgIpc) is 2.58. The van der Waals surface area contributed by atoms with E-state index in [2.05, 4.69) is 16.7 Å². The summed E-state index contributed by atoms with van der Waals surface area (Å²) in [6.45, 7) is 1.64. The Kier molecular flexibility index (Phi) is 2.50. The fourth-order valence-corrected chi connectivity index (χ4v) is 1.81. The molecule has 0 saturated carbocycles. The molecule has 14 heavy (non-hydrogen) atoms. The van der Waals surface area contributed by atoms with Crippen LogP contribution in [0, 0.1) is 0 Å². The molecule has 0 radical (unpaired) electrons. The van der Waals surface area contributed by atoms with Crippen LogP contribution in [0.2, 0.25) is 0 Å². The molecule has 1 aliphatic rings. The van der Waals surface area contributed by atoms with Crippen molar-refractivity contribution in [2.24, 2.45) is 0 Å². The number of rotatable bonds is 3. The lowest BCUT2D eigenvalue weighted by Gasteiger charge is -2.05. The predicted octanol–water partition coefficient (Wildman–Crippen LogP) is 0.692. The molecule has 1 aromatic rings. The summed E-state index contributed by atoms with van der Waals surface area (Å²) in [5, 5.41) is 5.96. The average molecular weight is 190 g/mol. The van der Waals surface area contributed by atoms with Gasteiger partial charge in [0.15, 0.2) is 0 Å². The van der Waals surface area contributed by atoms with Gasteiger partial charge in [0, 0.05) is 12.1 Å². The molecular weight excluding hydrogens is 176 g/mol. The number of fused-ring (bicyclic) bond motifs is 1. The van der Waals surface area contributed by atoms with Crippen molar-refractivity contribution in [3.8, 4) is 0 Å². The number of likely N-dealkylation sites (N-methyl/N-ethyl adjacent to an activating group) is 1. The summed E-state index contributed by atoms with van der Waals surface area (Å²) in [6, 6.07) is 5.94. The van der Waals surface area contributed by atoms with Crippen LogP contribution in [0.5, 0.6) is 0 Å². The number of nitrogens with one attached hydrogen (secondary N) is 2. The van der Waals surface area contributed by atoms with Crippen molar-refractivity contribution in [2.75, 3.05) is 13.6 Å². The van der Waals surface area contributed by atoms with Gasteiger partial charge in [0.05, 0.1) is 0 Å². The van der Waals surface area contributed by atoms with Gasteiger partial charge in [0.1, 0.15) is 0 Å². The molecule has 0 bridgehead atoms. The maximum Gasteiger partial charge on any atom is 0.251 e. The van der Waals surface area contributed by atoms with Gasteiger partial charge < -0.3 is 10.6 Å². The Labute approximate surface area is 83.5 Å². The number of hydrogen-bond acceptors (Lipinski definition) is 2. The molecule has 0 unspecified atom stereocenters. The third kappa shape index (κ3) is 1.51. The number of carbonyl (C=O) groups is 1. The highest BCUT2D eigenvalue weighted by Crippen LogP contribution is 2.19. The normalized spacial score (nSPS) is 13.9. The molecular formula is C11H14N2O. The molecule has 0 fully saturated rings. The second kappa shape index (κ2) is 3.80. The topological polar surface area (TPSA) is 41.1 Å². The van der Waals surface area contributed by atoms with E-state index in [1.165, 1.54) is 11.1 Å². The van der Waals surface area contributed by atoms with Crippen molar-refractivity contribution in [1.82, 2.24) is 10.6 Å². The lowest BCUT2D eigenvalue weighted by atomic mass is 10.0. The number of hydrogen-bond donors (Lipinski definition) is 2. The molecule has 3 heteroatoms. The Balaban J connectivity index is 2.29. The van der Waals surface area contributed by atoms with E-state index < -0.39 is 0 Å². The third-order valence-corrected chi connectivity index (χ3v) is 2.59. The van der Waals surface area contributed by atoms with Crippen molar-refractivity contribution in [3.05, 3.63) is 34.9 Å². The van der Waals surface area contributed by atoms with E-state index in [-0.39, 0.29) is 5.91 Å². The zero-order chi connectivity index (χ0) is 9.97. The van der Waals surface area contributed by atoms with E-state index >= 15 is 0 Å². The van der Waals surface area contributed by atoms with Crippen LogP contribution in [0.4, 0.5) is 0 Å². The molecule has 1 amide bonds. The van der Waals surface area contributed by atoms with Crippen LogP contribution < -0.4 is 10.6 Å².